The molecule has 1 aromatic heterocycles. The molecule has 2 aromatic carbocycles. The fraction of sp³-hybridized carbons (Fsp3) is 0.345. The zero-order valence-electron chi connectivity index (χ0n) is 23.0. The molecule has 2 amide bonds. The number of hydrogen-bond acceptors (Lipinski definition) is 8. The topological polar surface area (TPSA) is 136 Å². The van der Waals surface area contributed by atoms with E-state index in [0.717, 1.165) is 6.07 Å². The number of piperazine rings is 1. The third kappa shape index (κ3) is 6.35. The number of nitro benzene ring substituents is 1. The van der Waals surface area contributed by atoms with Crippen LogP contribution in [-0.4, -0.2) is 74.8 Å². The highest BCUT2D eigenvalue weighted by atomic mass is 35.5. The van der Waals surface area contributed by atoms with Crippen molar-refractivity contribution in [3.8, 4) is 11.4 Å². The van der Waals surface area contributed by atoms with E-state index in [2.05, 4.69) is 9.97 Å². The molecule has 1 aliphatic rings. The number of esters is 1. The number of halogens is 1. The van der Waals surface area contributed by atoms with Crippen LogP contribution in [0.1, 0.15) is 64.1 Å². The molecule has 3 aromatic rings. The summed E-state index contributed by atoms with van der Waals surface area (Å²) >= 11 is 5.90. The summed E-state index contributed by atoms with van der Waals surface area (Å²) in [6, 6.07) is 12.7. The van der Waals surface area contributed by atoms with Crippen LogP contribution in [0.2, 0.25) is 5.02 Å². The third-order valence-electron chi connectivity index (χ3n) is 6.75. The highest BCUT2D eigenvalue weighted by Gasteiger charge is 2.35. The van der Waals surface area contributed by atoms with Crippen LogP contribution in [0, 0.1) is 10.1 Å². The highest BCUT2D eigenvalue weighted by Crippen LogP contribution is 2.27. The van der Waals surface area contributed by atoms with Gasteiger partial charge in [-0.1, -0.05) is 55.3 Å². The van der Waals surface area contributed by atoms with Crippen molar-refractivity contribution in [1.82, 2.24) is 19.8 Å². The Morgan fingerprint density at radius 3 is 2.44 bits per heavy atom. The van der Waals surface area contributed by atoms with E-state index in [1.807, 2.05) is 37.3 Å². The average Bonchev–Trinajstić information content (AvgIpc) is 2.96. The van der Waals surface area contributed by atoms with E-state index < -0.39 is 28.7 Å². The number of rotatable bonds is 8. The van der Waals surface area contributed by atoms with Crippen molar-refractivity contribution in [2.75, 3.05) is 26.2 Å². The van der Waals surface area contributed by atoms with Crippen LogP contribution in [0.4, 0.5) is 5.69 Å². The average molecular weight is 580 g/mol. The Balaban J connectivity index is 1.65. The van der Waals surface area contributed by atoms with Gasteiger partial charge in [0.05, 0.1) is 17.2 Å². The van der Waals surface area contributed by atoms with Crippen molar-refractivity contribution in [2.45, 2.75) is 39.7 Å². The zero-order valence-corrected chi connectivity index (χ0v) is 23.8. The smallest absolute Gasteiger partial charge is 0.342 e. The number of carbonyl (C=O) groups excluding carboxylic acids is 3. The van der Waals surface area contributed by atoms with Crippen LogP contribution in [0.25, 0.3) is 11.4 Å². The summed E-state index contributed by atoms with van der Waals surface area (Å²) in [6.07, 6.45) is 1.13. The molecule has 0 saturated carbocycles. The Labute approximate surface area is 242 Å². The van der Waals surface area contributed by atoms with Gasteiger partial charge >= 0.3 is 5.97 Å². The van der Waals surface area contributed by atoms with Gasteiger partial charge in [0.15, 0.2) is 5.82 Å². The summed E-state index contributed by atoms with van der Waals surface area (Å²) in [5.74, 6) is -1.21. The third-order valence-corrected chi connectivity index (χ3v) is 7.07. The molecule has 214 valence electrons. The second kappa shape index (κ2) is 12.9. The molecule has 0 radical (unpaired) electrons. The van der Waals surface area contributed by atoms with Crippen LogP contribution in [-0.2, 0) is 11.2 Å². The molecule has 0 N–H and O–H groups in total. The van der Waals surface area contributed by atoms with Crippen molar-refractivity contribution in [3.63, 3.8) is 0 Å². The Bertz CT molecular complexity index is 1480. The number of amides is 2. The van der Waals surface area contributed by atoms with Gasteiger partial charge < -0.3 is 14.5 Å². The molecular formula is C29H30ClN5O6. The van der Waals surface area contributed by atoms with Crippen molar-refractivity contribution in [3.05, 3.63) is 86.2 Å². The fourth-order valence-electron chi connectivity index (χ4n) is 4.76. The van der Waals surface area contributed by atoms with E-state index in [0.29, 0.717) is 29.9 Å². The molecule has 0 aliphatic carbocycles. The highest BCUT2D eigenvalue weighted by molar-refractivity contribution is 6.32. The van der Waals surface area contributed by atoms with E-state index >= 15 is 0 Å². The molecule has 41 heavy (non-hydrogen) atoms. The molecule has 0 bridgehead atoms. The van der Waals surface area contributed by atoms with Gasteiger partial charge in [0.1, 0.15) is 16.3 Å². The molecular weight excluding hydrogens is 550 g/mol. The number of nitrogens with zero attached hydrogens (tertiary/aromatic N) is 5. The number of aromatic nitrogens is 2. The first kappa shape index (κ1) is 29.6. The van der Waals surface area contributed by atoms with E-state index in [1.165, 1.54) is 12.1 Å². The number of ether oxygens (including phenoxy) is 1. The Morgan fingerprint density at radius 1 is 1.07 bits per heavy atom. The molecule has 12 heteroatoms. The minimum Gasteiger partial charge on any atom is -0.462 e. The number of aryl methyl sites for hydroxylation is 1. The van der Waals surface area contributed by atoms with Gasteiger partial charge in [-0.25, -0.2) is 14.8 Å². The van der Waals surface area contributed by atoms with E-state index in [1.54, 1.807) is 23.6 Å². The van der Waals surface area contributed by atoms with E-state index in [-0.39, 0.29) is 53.8 Å². The summed E-state index contributed by atoms with van der Waals surface area (Å²) in [4.78, 5) is 63.2. The van der Waals surface area contributed by atoms with Crippen molar-refractivity contribution < 1.29 is 24.0 Å². The minimum atomic E-state index is -0.662. The molecule has 11 nitrogen and oxygen atoms in total. The first-order chi connectivity index (χ1) is 19.7. The molecule has 1 fully saturated rings. The van der Waals surface area contributed by atoms with Crippen molar-refractivity contribution in [2.24, 2.45) is 0 Å². The molecule has 1 atom stereocenters. The molecule has 4 rings (SSSR count). The monoisotopic (exact) mass is 579 g/mol. The number of hydrogen-bond donors (Lipinski definition) is 0. The zero-order chi connectivity index (χ0) is 29.7. The molecule has 1 unspecified atom stereocenters. The maximum atomic E-state index is 14.0. The fourth-order valence-corrected chi connectivity index (χ4v) is 4.95. The SMILES string of the molecule is CCCc1nc(-c2ccccc2)nc(C(=O)N2CCN(C(=O)c3ccc(Cl)c([N+](=O)[O-])c3)C(C)C2)c1C(=O)OCC. The van der Waals surface area contributed by atoms with Gasteiger partial charge in [-0.15, -0.1) is 0 Å². The van der Waals surface area contributed by atoms with Crippen molar-refractivity contribution in [1.29, 1.82) is 0 Å². The standard InChI is InChI=1S/C29H30ClN5O6/c1-4-9-22-24(29(38)41-5-2)25(32-26(31-22)19-10-7-6-8-11-19)28(37)33-14-15-34(18(3)17-33)27(36)20-12-13-21(30)23(16-20)35(39)40/h6-8,10-13,16,18H,4-5,9,14-15,17H2,1-3H3. The lowest BCUT2D eigenvalue weighted by molar-refractivity contribution is -0.384. The predicted octanol–water partition coefficient (Wildman–Crippen LogP) is 4.82. The number of carbonyl (C=O) groups is 3. The normalized spacial score (nSPS) is 15.0. The lowest BCUT2D eigenvalue weighted by atomic mass is 10.0. The summed E-state index contributed by atoms with van der Waals surface area (Å²) < 4.78 is 5.29. The van der Waals surface area contributed by atoms with Gasteiger partial charge in [-0.05, 0) is 32.4 Å². The largest absolute Gasteiger partial charge is 0.462 e. The number of benzene rings is 2. The summed E-state index contributed by atoms with van der Waals surface area (Å²) in [5, 5.41) is 11.2. The molecule has 2 heterocycles. The maximum Gasteiger partial charge on any atom is 0.342 e. The van der Waals surface area contributed by atoms with Crippen LogP contribution in [0.5, 0.6) is 0 Å². The molecule has 1 saturated heterocycles. The molecule has 0 spiro atoms. The van der Waals surface area contributed by atoms with Crippen molar-refractivity contribution >= 4 is 35.1 Å². The van der Waals surface area contributed by atoms with Gasteiger partial charge in [0.2, 0.25) is 0 Å². The maximum absolute atomic E-state index is 14.0. The number of nitro groups is 1. The summed E-state index contributed by atoms with van der Waals surface area (Å²) in [6.45, 7) is 6.05. The van der Waals surface area contributed by atoms with Crippen LogP contribution in [0.3, 0.4) is 0 Å². The van der Waals surface area contributed by atoms with Gasteiger partial charge in [-0.2, -0.15) is 0 Å². The predicted molar refractivity (Wildman–Crippen MR) is 152 cm³/mol. The quantitative estimate of drug-likeness (QED) is 0.210. The lowest BCUT2D eigenvalue weighted by Crippen LogP contribution is -2.55. The van der Waals surface area contributed by atoms with Gasteiger partial charge in [0, 0.05) is 42.9 Å². The van der Waals surface area contributed by atoms with E-state index in [4.69, 9.17) is 16.3 Å². The Hall–Kier alpha value is -4.38. The van der Waals surface area contributed by atoms with Gasteiger partial charge in [0.25, 0.3) is 17.5 Å². The van der Waals surface area contributed by atoms with Gasteiger partial charge in [-0.3, -0.25) is 19.7 Å². The van der Waals surface area contributed by atoms with Crippen LogP contribution >= 0.6 is 11.6 Å². The first-order valence-electron chi connectivity index (χ1n) is 13.3. The first-order valence-corrected chi connectivity index (χ1v) is 13.7. The molecule has 1 aliphatic heterocycles. The van der Waals surface area contributed by atoms with Crippen LogP contribution in [0.15, 0.2) is 48.5 Å². The lowest BCUT2D eigenvalue weighted by Gasteiger charge is -2.40. The summed E-state index contributed by atoms with van der Waals surface area (Å²) in [5.41, 5.74) is 0.930. The Kier molecular flexibility index (Phi) is 9.28. The van der Waals surface area contributed by atoms with E-state index in [9.17, 15) is 24.5 Å². The van der Waals surface area contributed by atoms with Crippen LogP contribution < -0.4 is 0 Å². The second-order valence-corrected chi connectivity index (χ2v) is 9.98. The minimum absolute atomic E-state index is 0.0407. The summed E-state index contributed by atoms with van der Waals surface area (Å²) in [7, 11) is 0. The Morgan fingerprint density at radius 2 is 1.80 bits per heavy atom. The second-order valence-electron chi connectivity index (χ2n) is 9.58.